The van der Waals surface area contributed by atoms with Crippen molar-refractivity contribution in [2.75, 3.05) is 45.7 Å². The van der Waals surface area contributed by atoms with Crippen molar-refractivity contribution >= 4 is 12.6 Å². The lowest BCUT2D eigenvalue weighted by molar-refractivity contribution is -0.0390. The molecule has 102 valence electrons. The van der Waals surface area contributed by atoms with E-state index in [2.05, 4.69) is 43.3 Å². The van der Waals surface area contributed by atoms with Crippen molar-refractivity contribution in [2.24, 2.45) is 5.92 Å². The molecule has 0 aromatic carbocycles. The Morgan fingerprint density at radius 3 is 2.88 bits per heavy atom. The molecular weight excluding hydrogens is 232 g/mol. The molecule has 4 heteroatoms. The molecule has 0 unspecified atom stereocenters. The highest BCUT2D eigenvalue weighted by Gasteiger charge is 2.20. The van der Waals surface area contributed by atoms with E-state index in [9.17, 15) is 0 Å². The number of ether oxygens (including phenoxy) is 1. The van der Waals surface area contributed by atoms with Crippen LogP contribution in [0.15, 0.2) is 0 Å². The third-order valence-electron chi connectivity index (χ3n) is 3.24. The number of nitrogens with zero attached hydrogens (tertiary/aromatic N) is 2. The fourth-order valence-corrected chi connectivity index (χ4v) is 2.34. The van der Waals surface area contributed by atoms with E-state index in [-0.39, 0.29) is 0 Å². The van der Waals surface area contributed by atoms with Crippen LogP contribution in [-0.2, 0) is 4.74 Å². The molecule has 1 heterocycles. The molecule has 0 aromatic rings. The largest absolute Gasteiger partial charge is 0.374 e. The first kappa shape index (κ1) is 15.3. The van der Waals surface area contributed by atoms with Gasteiger partial charge in [0.15, 0.2) is 0 Å². The SMILES string of the molecule is CC(C)CCCN1CCO[C@@H](CN(C)CS)C1. The fraction of sp³-hybridized carbons (Fsp3) is 1.00. The van der Waals surface area contributed by atoms with Crippen LogP contribution in [0, 0.1) is 5.92 Å². The lowest BCUT2D eigenvalue weighted by Crippen LogP contribution is -2.47. The molecule has 0 amide bonds. The number of hydrogen-bond acceptors (Lipinski definition) is 4. The van der Waals surface area contributed by atoms with Crippen LogP contribution in [0.4, 0.5) is 0 Å². The molecule has 1 fully saturated rings. The van der Waals surface area contributed by atoms with Crippen LogP contribution >= 0.6 is 12.6 Å². The highest BCUT2D eigenvalue weighted by atomic mass is 32.1. The van der Waals surface area contributed by atoms with E-state index >= 15 is 0 Å². The minimum Gasteiger partial charge on any atom is -0.374 e. The third-order valence-corrected chi connectivity index (χ3v) is 3.72. The van der Waals surface area contributed by atoms with Gasteiger partial charge in [-0.2, -0.15) is 12.6 Å². The predicted octanol–water partition coefficient (Wildman–Crippen LogP) is 1.94. The highest BCUT2D eigenvalue weighted by molar-refractivity contribution is 7.80. The molecule has 1 saturated heterocycles. The van der Waals surface area contributed by atoms with E-state index in [1.807, 2.05) is 0 Å². The van der Waals surface area contributed by atoms with Gasteiger partial charge < -0.3 is 4.74 Å². The second kappa shape index (κ2) is 8.35. The van der Waals surface area contributed by atoms with E-state index < -0.39 is 0 Å². The summed E-state index contributed by atoms with van der Waals surface area (Å²) in [5.74, 6) is 1.62. The third kappa shape index (κ3) is 6.65. The Morgan fingerprint density at radius 2 is 2.24 bits per heavy atom. The molecule has 1 aliphatic heterocycles. The molecule has 0 radical (unpaired) electrons. The Hall–Kier alpha value is 0.230. The highest BCUT2D eigenvalue weighted by Crippen LogP contribution is 2.10. The zero-order chi connectivity index (χ0) is 12.7. The molecule has 1 rings (SSSR count). The van der Waals surface area contributed by atoms with Crippen LogP contribution in [0.1, 0.15) is 26.7 Å². The Morgan fingerprint density at radius 1 is 1.47 bits per heavy atom. The topological polar surface area (TPSA) is 15.7 Å². The molecule has 0 bridgehead atoms. The Bertz CT molecular complexity index is 202. The molecule has 17 heavy (non-hydrogen) atoms. The van der Waals surface area contributed by atoms with Crippen LogP contribution in [0.5, 0.6) is 0 Å². The van der Waals surface area contributed by atoms with E-state index in [1.54, 1.807) is 0 Å². The number of hydrogen-bond donors (Lipinski definition) is 1. The second-order valence-corrected chi connectivity index (χ2v) is 5.79. The van der Waals surface area contributed by atoms with Gasteiger partial charge in [-0.3, -0.25) is 9.80 Å². The molecule has 0 aliphatic carbocycles. The second-order valence-electron chi connectivity index (χ2n) is 5.51. The number of thiol groups is 1. The number of morpholine rings is 1. The Labute approximate surface area is 112 Å². The van der Waals surface area contributed by atoms with Gasteiger partial charge in [0.2, 0.25) is 0 Å². The quantitative estimate of drug-likeness (QED) is 0.556. The molecular formula is C13H28N2OS. The molecule has 1 atom stereocenters. The van der Waals surface area contributed by atoms with Crippen LogP contribution in [-0.4, -0.2) is 61.6 Å². The minimum atomic E-state index is 0.361. The van der Waals surface area contributed by atoms with Crippen molar-refractivity contribution in [2.45, 2.75) is 32.8 Å². The van der Waals surface area contributed by atoms with E-state index in [4.69, 9.17) is 4.74 Å². The summed E-state index contributed by atoms with van der Waals surface area (Å²) in [7, 11) is 2.09. The lowest BCUT2D eigenvalue weighted by atomic mass is 10.1. The zero-order valence-corrected chi connectivity index (χ0v) is 12.5. The van der Waals surface area contributed by atoms with Gasteiger partial charge >= 0.3 is 0 Å². The molecule has 0 spiro atoms. The number of likely N-dealkylation sites (N-methyl/N-ethyl adjacent to an activating group) is 1. The fourth-order valence-electron chi connectivity index (χ4n) is 2.22. The van der Waals surface area contributed by atoms with E-state index in [0.717, 1.165) is 38.0 Å². The average Bonchev–Trinajstić information content (AvgIpc) is 2.29. The standard InChI is InChI=1S/C13H28N2OS/c1-12(2)5-4-6-15-7-8-16-13(10-15)9-14(3)11-17/h12-13,17H,4-11H2,1-3H3/t13-/m0/s1. The van der Waals surface area contributed by atoms with Crippen molar-refractivity contribution in [1.82, 2.24) is 9.80 Å². The lowest BCUT2D eigenvalue weighted by Gasteiger charge is -2.34. The summed E-state index contributed by atoms with van der Waals surface area (Å²) in [5.41, 5.74) is 0. The Kier molecular flexibility index (Phi) is 7.51. The van der Waals surface area contributed by atoms with Gasteiger partial charge in [-0.15, -0.1) is 0 Å². The first-order chi connectivity index (χ1) is 8.11. The van der Waals surface area contributed by atoms with Crippen LogP contribution in [0.25, 0.3) is 0 Å². The van der Waals surface area contributed by atoms with Gasteiger partial charge in [0, 0.05) is 25.5 Å². The molecule has 3 nitrogen and oxygen atoms in total. The normalized spacial score (nSPS) is 22.6. The maximum absolute atomic E-state index is 5.79. The van der Waals surface area contributed by atoms with E-state index in [1.165, 1.54) is 19.4 Å². The summed E-state index contributed by atoms with van der Waals surface area (Å²) in [6.45, 7) is 9.86. The maximum atomic E-state index is 5.79. The summed E-state index contributed by atoms with van der Waals surface area (Å²) in [6, 6.07) is 0. The van der Waals surface area contributed by atoms with Crippen molar-refractivity contribution < 1.29 is 4.74 Å². The van der Waals surface area contributed by atoms with Gasteiger partial charge in [-0.1, -0.05) is 13.8 Å². The van der Waals surface area contributed by atoms with Gasteiger partial charge in [0.25, 0.3) is 0 Å². The van der Waals surface area contributed by atoms with Gasteiger partial charge in [-0.05, 0) is 32.4 Å². The molecule has 0 N–H and O–H groups in total. The zero-order valence-electron chi connectivity index (χ0n) is 11.6. The van der Waals surface area contributed by atoms with Gasteiger partial charge in [-0.25, -0.2) is 0 Å². The summed E-state index contributed by atoms with van der Waals surface area (Å²) >= 11 is 4.27. The van der Waals surface area contributed by atoms with Crippen molar-refractivity contribution in [3.8, 4) is 0 Å². The monoisotopic (exact) mass is 260 g/mol. The molecule has 1 aliphatic rings. The number of rotatable bonds is 7. The van der Waals surface area contributed by atoms with Gasteiger partial charge in [0.1, 0.15) is 0 Å². The summed E-state index contributed by atoms with van der Waals surface area (Å²) in [5, 5.41) is 0. The van der Waals surface area contributed by atoms with Crippen LogP contribution in [0.2, 0.25) is 0 Å². The Balaban J connectivity index is 2.19. The first-order valence-electron chi connectivity index (χ1n) is 6.75. The van der Waals surface area contributed by atoms with Crippen molar-refractivity contribution in [3.05, 3.63) is 0 Å². The molecule has 0 saturated carbocycles. The van der Waals surface area contributed by atoms with Crippen LogP contribution in [0.3, 0.4) is 0 Å². The van der Waals surface area contributed by atoms with Crippen molar-refractivity contribution in [3.63, 3.8) is 0 Å². The minimum absolute atomic E-state index is 0.361. The maximum Gasteiger partial charge on any atom is 0.0829 e. The predicted molar refractivity (Wildman–Crippen MR) is 76.7 cm³/mol. The first-order valence-corrected chi connectivity index (χ1v) is 7.38. The average molecular weight is 260 g/mol. The van der Waals surface area contributed by atoms with E-state index in [0.29, 0.717) is 6.10 Å². The summed E-state index contributed by atoms with van der Waals surface area (Å²) in [6.07, 6.45) is 3.01. The van der Waals surface area contributed by atoms with Crippen LogP contribution < -0.4 is 0 Å². The van der Waals surface area contributed by atoms with Gasteiger partial charge in [0.05, 0.1) is 12.7 Å². The smallest absolute Gasteiger partial charge is 0.0829 e. The molecule has 0 aromatic heterocycles. The summed E-state index contributed by atoms with van der Waals surface area (Å²) in [4.78, 5) is 4.74. The summed E-state index contributed by atoms with van der Waals surface area (Å²) < 4.78 is 5.79. The van der Waals surface area contributed by atoms with Crippen molar-refractivity contribution in [1.29, 1.82) is 0 Å².